The van der Waals surface area contributed by atoms with Crippen LogP contribution in [0.2, 0.25) is 0 Å². The van der Waals surface area contributed by atoms with Gasteiger partial charge in [0, 0.05) is 29.9 Å². The van der Waals surface area contributed by atoms with Crippen LogP contribution in [0.15, 0.2) is 66.7 Å². The minimum atomic E-state index is -0.381. The van der Waals surface area contributed by atoms with Crippen molar-refractivity contribution in [3.63, 3.8) is 0 Å². The summed E-state index contributed by atoms with van der Waals surface area (Å²) in [6.45, 7) is 6.43. The smallest absolute Gasteiger partial charge is 0.341 e. The Morgan fingerprint density at radius 3 is 2.54 bits per heavy atom. The minimum absolute atomic E-state index is 0.236. The Balaban J connectivity index is 1.29. The molecule has 39 heavy (non-hydrogen) atoms. The predicted molar refractivity (Wildman–Crippen MR) is 156 cm³/mol. The lowest BCUT2D eigenvalue weighted by Crippen LogP contribution is -2.29. The number of aryl methyl sites for hydroxylation is 1. The van der Waals surface area contributed by atoms with Crippen molar-refractivity contribution in [3.05, 3.63) is 98.9 Å². The average molecular weight is 557 g/mol. The van der Waals surface area contributed by atoms with Crippen molar-refractivity contribution in [3.8, 4) is 5.69 Å². The highest BCUT2D eigenvalue weighted by atomic mass is 32.1. The summed E-state index contributed by atoms with van der Waals surface area (Å²) in [5.74, 6) is -0.616. The second kappa shape index (κ2) is 10.8. The van der Waals surface area contributed by atoms with Crippen LogP contribution < -0.4 is 5.32 Å². The van der Waals surface area contributed by atoms with E-state index >= 15 is 0 Å². The molecule has 0 atom stereocenters. The van der Waals surface area contributed by atoms with Gasteiger partial charge in [-0.2, -0.15) is 5.10 Å². The van der Waals surface area contributed by atoms with E-state index < -0.39 is 0 Å². The number of benzene rings is 2. The minimum Gasteiger partial charge on any atom is -0.462 e. The van der Waals surface area contributed by atoms with E-state index in [9.17, 15) is 9.59 Å². The normalized spacial score (nSPS) is 13.4. The molecule has 0 saturated carbocycles. The molecule has 0 saturated heterocycles. The Bertz CT molecular complexity index is 1650. The Morgan fingerprint density at radius 1 is 1.05 bits per heavy atom. The zero-order valence-electron chi connectivity index (χ0n) is 21.8. The molecule has 4 heterocycles. The number of para-hydroxylation sites is 1. The number of hydrogen-bond donors (Lipinski definition) is 1. The fourth-order valence-electron chi connectivity index (χ4n) is 5.01. The van der Waals surface area contributed by atoms with Crippen molar-refractivity contribution in [1.29, 1.82) is 0 Å². The number of amides is 1. The number of carbonyl (C=O) groups is 2. The molecule has 0 fully saturated rings. The van der Waals surface area contributed by atoms with Gasteiger partial charge in [0.25, 0.3) is 5.91 Å². The van der Waals surface area contributed by atoms with Crippen LogP contribution >= 0.6 is 22.7 Å². The van der Waals surface area contributed by atoms with E-state index in [1.807, 2.05) is 54.1 Å². The number of hydrogen-bond acceptors (Lipinski definition) is 7. The highest BCUT2D eigenvalue weighted by molar-refractivity contribution is 7.21. The topological polar surface area (TPSA) is 76.5 Å². The summed E-state index contributed by atoms with van der Waals surface area (Å²) in [5.41, 5.74) is 4.55. The number of aromatic nitrogens is 2. The summed E-state index contributed by atoms with van der Waals surface area (Å²) in [6, 6.07) is 22.2. The average Bonchev–Trinajstić information content (AvgIpc) is 3.62. The SMILES string of the molecule is CCOC(=O)c1c(NC(=O)c2cc3c(C)nn(-c4ccccc4)c3s2)sc2c1CCN(Cc1ccccc1)C2. The van der Waals surface area contributed by atoms with Crippen molar-refractivity contribution in [2.75, 3.05) is 18.5 Å². The van der Waals surface area contributed by atoms with Gasteiger partial charge in [-0.3, -0.25) is 9.69 Å². The number of nitrogens with zero attached hydrogens (tertiary/aromatic N) is 3. The first-order chi connectivity index (χ1) is 19.0. The predicted octanol–water partition coefficient (Wildman–Crippen LogP) is 6.44. The molecule has 1 aliphatic heterocycles. The van der Waals surface area contributed by atoms with Crippen LogP contribution in [-0.4, -0.2) is 39.7 Å². The van der Waals surface area contributed by atoms with Crippen molar-refractivity contribution in [2.45, 2.75) is 33.4 Å². The number of anilines is 1. The molecule has 0 unspecified atom stereocenters. The molecular formula is C30H28N4O3S2. The molecule has 6 rings (SSSR count). The van der Waals surface area contributed by atoms with Crippen LogP contribution in [0.25, 0.3) is 15.9 Å². The quantitative estimate of drug-likeness (QED) is 0.233. The molecule has 0 radical (unpaired) electrons. The number of nitrogens with one attached hydrogen (secondary N) is 1. The first-order valence-electron chi connectivity index (χ1n) is 13.0. The molecule has 198 valence electrons. The summed E-state index contributed by atoms with van der Waals surface area (Å²) < 4.78 is 7.29. The van der Waals surface area contributed by atoms with E-state index in [0.29, 0.717) is 15.4 Å². The lowest BCUT2D eigenvalue weighted by atomic mass is 10.0. The first kappa shape index (κ1) is 25.5. The van der Waals surface area contributed by atoms with Gasteiger partial charge in [-0.1, -0.05) is 48.5 Å². The molecule has 0 spiro atoms. The molecule has 0 bridgehead atoms. The maximum atomic E-state index is 13.5. The highest BCUT2D eigenvalue weighted by Crippen LogP contribution is 2.39. The van der Waals surface area contributed by atoms with Crippen molar-refractivity contribution in [1.82, 2.24) is 14.7 Å². The molecule has 1 amide bonds. The standard InChI is InChI=1S/C30H28N4O3S2/c1-3-37-30(36)26-22-14-15-33(17-20-10-6-4-7-11-20)18-25(22)38-28(26)31-27(35)24-16-23-19(2)32-34(29(23)39-24)21-12-8-5-9-13-21/h4-13,16H,3,14-15,17-18H2,1-2H3,(H,31,35). The number of rotatable bonds is 7. The molecule has 5 aromatic rings. The van der Waals surface area contributed by atoms with Gasteiger partial charge < -0.3 is 10.1 Å². The Hall–Kier alpha value is -3.79. The molecule has 1 aliphatic rings. The number of carbonyl (C=O) groups excluding carboxylic acids is 2. The maximum Gasteiger partial charge on any atom is 0.341 e. The number of ether oxygens (including phenoxy) is 1. The van der Waals surface area contributed by atoms with Gasteiger partial charge in [0.15, 0.2) is 0 Å². The number of thiophene rings is 2. The maximum absolute atomic E-state index is 13.5. The van der Waals surface area contributed by atoms with Crippen LogP contribution in [0.5, 0.6) is 0 Å². The van der Waals surface area contributed by atoms with Crippen LogP contribution in [0, 0.1) is 6.92 Å². The fraction of sp³-hybridized carbons (Fsp3) is 0.233. The Morgan fingerprint density at radius 2 is 1.79 bits per heavy atom. The van der Waals surface area contributed by atoms with Gasteiger partial charge in [0.1, 0.15) is 9.83 Å². The van der Waals surface area contributed by atoms with Crippen LogP contribution in [0.3, 0.4) is 0 Å². The van der Waals surface area contributed by atoms with Gasteiger partial charge in [-0.05, 0) is 49.6 Å². The molecular weight excluding hydrogens is 528 g/mol. The Labute approximate surface area is 234 Å². The lowest BCUT2D eigenvalue weighted by Gasteiger charge is -2.27. The van der Waals surface area contributed by atoms with E-state index in [1.165, 1.54) is 28.2 Å². The summed E-state index contributed by atoms with van der Waals surface area (Å²) in [7, 11) is 0. The second-order valence-corrected chi connectivity index (χ2v) is 11.6. The van der Waals surface area contributed by atoms with Crippen molar-refractivity contribution >= 4 is 49.8 Å². The van der Waals surface area contributed by atoms with Crippen LogP contribution in [0.4, 0.5) is 5.00 Å². The van der Waals surface area contributed by atoms with E-state index in [2.05, 4.69) is 39.6 Å². The van der Waals surface area contributed by atoms with Gasteiger partial charge in [0.2, 0.25) is 0 Å². The second-order valence-electron chi connectivity index (χ2n) is 9.49. The van der Waals surface area contributed by atoms with Crippen molar-refractivity contribution in [2.24, 2.45) is 0 Å². The molecule has 2 aromatic carbocycles. The monoisotopic (exact) mass is 556 g/mol. The summed E-state index contributed by atoms with van der Waals surface area (Å²) in [5, 5.41) is 9.24. The van der Waals surface area contributed by atoms with E-state index in [1.54, 1.807) is 6.92 Å². The third kappa shape index (κ3) is 5.01. The third-order valence-corrected chi connectivity index (χ3v) is 9.10. The van der Waals surface area contributed by atoms with Crippen LogP contribution in [-0.2, 0) is 24.2 Å². The number of fused-ring (bicyclic) bond motifs is 2. The largest absolute Gasteiger partial charge is 0.462 e. The molecule has 1 N–H and O–H groups in total. The van der Waals surface area contributed by atoms with E-state index in [4.69, 9.17) is 4.74 Å². The summed E-state index contributed by atoms with van der Waals surface area (Å²) in [4.78, 5) is 31.5. The molecule has 3 aromatic heterocycles. The fourth-order valence-corrected chi connectivity index (χ4v) is 7.36. The third-order valence-electron chi connectivity index (χ3n) is 6.86. The zero-order valence-corrected chi connectivity index (χ0v) is 23.4. The van der Waals surface area contributed by atoms with Gasteiger partial charge in [-0.25, -0.2) is 9.48 Å². The first-order valence-corrected chi connectivity index (χ1v) is 14.6. The Kier molecular flexibility index (Phi) is 7.03. The number of esters is 1. The zero-order chi connectivity index (χ0) is 26.9. The summed E-state index contributed by atoms with van der Waals surface area (Å²) in [6.07, 6.45) is 0.734. The van der Waals surface area contributed by atoms with Crippen LogP contribution in [0.1, 0.15) is 48.7 Å². The van der Waals surface area contributed by atoms with Gasteiger partial charge >= 0.3 is 5.97 Å². The lowest BCUT2D eigenvalue weighted by molar-refractivity contribution is 0.0526. The molecule has 7 nitrogen and oxygen atoms in total. The molecule has 0 aliphatic carbocycles. The van der Waals surface area contributed by atoms with E-state index in [0.717, 1.165) is 58.1 Å². The van der Waals surface area contributed by atoms with E-state index in [-0.39, 0.29) is 18.5 Å². The van der Waals surface area contributed by atoms with Crippen molar-refractivity contribution < 1.29 is 14.3 Å². The summed E-state index contributed by atoms with van der Waals surface area (Å²) >= 11 is 2.87. The van der Waals surface area contributed by atoms with Gasteiger partial charge in [-0.15, -0.1) is 22.7 Å². The van der Waals surface area contributed by atoms with Gasteiger partial charge in [0.05, 0.1) is 28.4 Å². The highest BCUT2D eigenvalue weighted by Gasteiger charge is 2.30. The molecule has 9 heteroatoms.